The Labute approximate surface area is 198 Å². The number of ether oxygens (including phenoxy) is 1. The summed E-state index contributed by atoms with van der Waals surface area (Å²) in [6.07, 6.45) is 1.59. The maximum atomic E-state index is 15.4. The molecule has 168 valence electrons. The average molecular weight is 553 g/mol. The molecule has 1 fully saturated rings. The van der Waals surface area contributed by atoms with Crippen molar-refractivity contribution in [2.45, 2.75) is 6.92 Å². The summed E-state index contributed by atoms with van der Waals surface area (Å²) in [5.41, 5.74) is 0.308. The number of piperazine rings is 1. The van der Waals surface area contributed by atoms with Gasteiger partial charge in [0.2, 0.25) is 0 Å². The largest absolute Gasteiger partial charge is 0.440 e. The lowest BCUT2D eigenvalue weighted by atomic mass is 10.0. The first kappa shape index (κ1) is 22.7. The Balaban J connectivity index is 1.76. The van der Waals surface area contributed by atoms with Crippen molar-refractivity contribution in [3.8, 4) is 0 Å². The van der Waals surface area contributed by atoms with E-state index in [4.69, 9.17) is 4.74 Å². The maximum absolute atomic E-state index is 15.4. The number of benzene rings is 2. The van der Waals surface area contributed by atoms with Crippen LogP contribution < -0.4 is 4.90 Å². The highest BCUT2D eigenvalue weighted by atomic mass is 127. The van der Waals surface area contributed by atoms with Crippen LogP contribution in [-0.4, -0.2) is 61.1 Å². The van der Waals surface area contributed by atoms with Crippen LogP contribution in [0.3, 0.4) is 0 Å². The molecule has 0 aliphatic carbocycles. The molecule has 2 aliphatic heterocycles. The topological polar surface area (TPSA) is 53.1 Å². The molecule has 32 heavy (non-hydrogen) atoms. The number of hydrogen-bond donors (Lipinski definition) is 0. The van der Waals surface area contributed by atoms with Crippen molar-refractivity contribution in [1.82, 2.24) is 9.80 Å². The molecule has 0 aromatic heterocycles. The minimum absolute atomic E-state index is 0.181. The number of anilines is 2. The summed E-state index contributed by atoms with van der Waals surface area (Å²) in [4.78, 5) is 30.5. The normalized spacial score (nSPS) is 16.6. The number of likely N-dealkylation sites (N-methyl/N-ethyl adjacent to an activating group) is 1. The Hall–Kier alpha value is -2.53. The molecule has 1 saturated heterocycles. The highest BCUT2D eigenvalue weighted by Crippen LogP contribution is 2.39. The van der Waals surface area contributed by atoms with E-state index in [0.717, 1.165) is 16.2 Å². The van der Waals surface area contributed by atoms with Crippen molar-refractivity contribution in [2.24, 2.45) is 0 Å². The van der Waals surface area contributed by atoms with Crippen LogP contribution in [0.5, 0.6) is 0 Å². The minimum atomic E-state index is -1.27. The molecule has 0 unspecified atom stereocenters. The first-order valence-electron chi connectivity index (χ1n) is 10.3. The van der Waals surface area contributed by atoms with Crippen LogP contribution >= 0.6 is 22.6 Å². The zero-order valence-electron chi connectivity index (χ0n) is 17.5. The molecule has 1 amide bonds. The Kier molecular flexibility index (Phi) is 6.47. The van der Waals surface area contributed by atoms with Gasteiger partial charge in [-0.15, -0.1) is 0 Å². The summed E-state index contributed by atoms with van der Waals surface area (Å²) in [7, 11) is 0. The molecule has 2 heterocycles. The Morgan fingerprint density at radius 1 is 1.19 bits per heavy atom. The summed E-state index contributed by atoms with van der Waals surface area (Å²) in [6, 6.07) is 6.48. The van der Waals surface area contributed by atoms with Crippen molar-refractivity contribution in [1.29, 1.82) is 0 Å². The molecule has 2 aromatic carbocycles. The Morgan fingerprint density at radius 2 is 1.91 bits per heavy atom. The lowest BCUT2D eigenvalue weighted by Gasteiger charge is -2.35. The van der Waals surface area contributed by atoms with E-state index < -0.39 is 29.1 Å². The molecule has 0 spiro atoms. The van der Waals surface area contributed by atoms with Crippen molar-refractivity contribution < 1.29 is 23.1 Å². The van der Waals surface area contributed by atoms with Gasteiger partial charge in [-0.25, -0.2) is 13.6 Å². The third-order valence-corrected chi connectivity index (χ3v) is 6.50. The monoisotopic (exact) mass is 553 g/mol. The summed E-state index contributed by atoms with van der Waals surface area (Å²) in [5.74, 6) is -3.95. The molecule has 0 saturated carbocycles. The van der Waals surface area contributed by atoms with Gasteiger partial charge in [-0.05, 0) is 59.0 Å². The number of nitrogens with zero attached hydrogens (tertiary/aromatic N) is 3. The number of cyclic esters (lactones) is 1. The van der Waals surface area contributed by atoms with E-state index in [1.54, 1.807) is 18.2 Å². The molecule has 4 rings (SSSR count). The van der Waals surface area contributed by atoms with Gasteiger partial charge in [0.25, 0.3) is 5.91 Å². The molecule has 2 aromatic rings. The number of amides is 1. The van der Waals surface area contributed by atoms with Crippen molar-refractivity contribution in [2.75, 3.05) is 44.4 Å². The smallest absolute Gasteiger partial charge is 0.342 e. The third-order valence-electron chi connectivity index (χ3n) is 5.83. The van der Waals surface area contributed by atoms with Crippen LogP contribution in [0, 0.1) is 15.2 Å². The van der Waals surface area contributed by atoms with Gasteiger partial charge in [0.15, 0.2) is 18.4 Å². The van der Waals surface area contributed by atoms with Gasteiger partial charge < -0.3 is 19.4 Å². The van der Waals surface area contributed by atoms with Crippen LogP contribution in [0.15, 0.2) is 30.8 Å². The quantitative estimate of drug-likeness (QED) is 0.419. The molecule has 0 atom stereocenters. The molecular formula is C23H22F2IN3O3. The fourth-order valence-corrected chi connectivity index (χ4v) is 4.53. The number of carbonyl (C=O) groups excluding carboxylic acids is 2. The second-order valence-corrected chi connectivity index (χ2v) is 8.82. The molecule has 6 nitrogen and oxygen atoms in total. The van der Waals surface area contributed by atoms with E-state index in [0.29, 0.717) is 37.4 Å². The van der Waals surface area contributed by atoms with Crippen molar-refractivity contribution in [3.63, 3.8) is 0 Å². The van der Waals surface area contributed by atoms with Gasteiger partial charge in [-0.1, -0.05) is 19.6 Å². The standard InChI is InChI=1S/C23H22F2IN3O3/c1-3-14-11-15(26)5-6-18(14)29-13-32-23(31)17-12-16(19(24)20(25)21(17)29)22(30)28-9-7-27(4-2)8-10-28/h3,5-6,11-12H,1,4,7-10,13H2,2H3. The van der Waals surface area contributed by atoms with Gasteiger partial charge in [0, 0.05) is 29.7 Å². The zero-order valence-corrected chi connectivity index (χ0v) is 19.7. The molecule has 0 N–H and O–H groups in total. The number of esters is 1. The van der Waals surface area contributed by atoms with Gasteiger partial charge in [0.05, 0.1) is 22.5 Å². The average Bonchev–Trinajstić information content (AvgIpc) is 2.81. The molecule has 2 aliphatic rings. The van der Waals surface area contributed by atoms with Crippen molar-refractivity contribution in [3.05, 3.63) is 62.7 Å². The predicted molar refractivity (Wildman–Crippen MR) is 126 cm³/mol. The highest BCUT2D eigenvalue weighted by molar-refractivity contribution is 14.1. The van der Waals surface area contributed by atoms with E-state index in [1.165, 1.54) is 9.80 Å². The third kappa shape index (κ3) is 3.99. The van der Waals surface area contributed by atoms with E-state index in [9.17, 15) is 9.59 Å². The fourth-order valence-electron chi connectivity index (χ4n) is 4.02. The number of rotatable bonds is 4. The summed E-state index contributed by atoms with van der Waals surface area (Å²) < 4.78 is 36.7. The van der Waals surface area contributed by atoms with Gasteiger partial charge in [-0.2, -0.15) is 0 Å². The van der Waals surface area contributed by atoms with Crippen LogP contribution in [0.25, 0.3) is 6.08 Å². The lowest BCUT2D eigenvalue weighted by Crippen LogP contribution is -2.48. The van der Waals surface area contributed by atoms with Gasteiger partial charge in [0.1, 0.15) is 0 Å². The second-order valence-electron chi connectivity index (χ2n) is 7.57. The molecule has 9 heteroatoms. The van der Waals surface area contributed by atoms with E-state index in [2.05, 4.69) is 34.1 Å². The van der Waals surface area contributed by atoms with E-state index >= 15 is 8.78 Å². The predicted octanol–water partition coefficient (Wildman–Crippen LogP) is 4.26. The second kappa shape index (κ2) is 9.14. The first-order chi connectivity index (χ1) is 15.3. The summed E-state index contributed by atoms with van der Waals surface area (Å²) in [6.45, 7) is 8.52. The summed E-state index contributed by atoms with van der Waals surface area (Å²) in [5, 5.41) is 0. The summed E-state index contributed by atoms with van der Waals surface area (Å²) >= 11 is 2.14. The SMILES string of the molecule is C=Cc1cc(I)ccc1N1COC(=O)c2cc(C(=O)N3CCN(CC)CC3)c(F)c(F)c21. The number of fused-ring (bicyclic) bond motifs is 1. The van der Waals surface area contributed by atoms with Gasteiger partial charge in [-0.3, -0.25) is 4.79 Å². The van der Waals surface area contributed by atoms with Crippen LogP contribution in [0.1, 0.15) is 33.2 Å². The lowest BCUT2D eigenvalue weighted by molar-refractivity contribution is 0.0491. The number of carbonyl (C=O) groups is 2. The van der Waals surface area contributed by atoms with Crippen molar-refractivity contribution >= 4 is 51.9 Å². The highest BCUT2D eigenvalue weighted by Gasteiger charge is 2.35. The zero-order chi connectivity index (χ0) is 23.0. The van der Waals surface area contributed by atoms with E-state index in [1.807, 2.05) is 13.0 Å². The molecule has 0 radical (unpaired) electrons. The first-order valence-corrected chi connectivity index (χ1v) is 11.3. The van der Waals surface area contributed by atoms with E-state index in [-0.39, 0.29) is 18.0 Å². The van der Waals surface area contributed by atoms with Crippen LogP contribution in [0.4, 0.5) is 20.2 Å². The fraction of sp³-hybridized carbons (Fsp3) is 0.304. The number of hydrogen-bond acceptors (Lipinski definition) is 5. The maximum Gasteiger partial charge on any atom is 0.342 e. The Bertz CT molecular complexity index is 1100. The van der Waals surface area contributed by atoms with Gasteiger partial charge >= 0.3 is 5.97 Å². The van der Waals surface area contributed by atoms with Crippen LogP contribution in [-0.2, 0) is 4.74 Å². The minimum Gasteiger partial charge on any atom is -0.440 e. The molecule has 0 bridgehead atoms. The number of halogens is 3. The van der Waals surface area contributed by atoms with Crippen LogP contribution in [0.2, 0.25) is 0 Å². The molecular weight excluding hydrogens is 531 g/mol. The Morgan fingerprint density at radius 3 is 2.56 bits per heavy atom.